The fraction of sp³-hybridized carbons (Fsp3) is 0.533. The van der Waals surface area contributed by atoms with Crippen LogP contribution in [0.15, 0.2) is 22.7 Å². The first kappa shape index (κ1) is 14.3. The fourth-order valence-electron chi connectivity index (χ4n) is 3.13. The summed E-state index contributed by atoms with van der Waals surface area (Å²) in [6.07, 6.45) is 5.46. The van der Waals surface area contributed by atoms with E-state index in [1.54, 1.807) is 0 Å². The average Bonchev–Trinajstić information content (AvgIpc) is 3.04. The van der Waals surface area contributed by atoms with Gasteiger partial charge < -0.3 is 14.5 Å². The van der Waals surface area contributed by atoms with E-state index in [1.165, 1.54) is 31.2 Å². The van der Waals surface area contributed by atoms with Crippen LogP contribution in [0.1, 0.15) is 25.7 Å². The minimum atomic E-state index is 0.765. The van der Waals surface area contributed by atoms with Crippen molar-refractivity contribution in [1.82, 2.24) is 14.5 Å². The van der Waals surface area contributed by atoms with Crippen LogP contribution in [0.4, 0.5) is 0 Å². The summed E-state index contributed by atoms with van der Waals surface area (Å²) in [6.45, 7) is 2.00. The van der Waals surface area contributed by atoms with Gasteiger partial charge in [-0.2, -0.15) is 0 Å². The highest BCUT2D eigenvalue weighted by Crippen LogP contribution is 2.23. The van der Waals surface area contributed by atoms with Crippen LogP contribution in [0.2, 0.25) is 0 Å². The van der Waals surface area contributed by atoms with Crippen molar-refractivity contribution >= 4 is 39.2 Å². The molecule has 0 aliphatic heterocycles. The van der Waals surface area contributed by atoms with E-state index in [0.29, 0.717) is 0 Å². The molecule has 0 radical (unpaired) electrons. The first-order valence-corrected chi connectivity index (χ1v) is 8.43. The number of benzene rings is 1. The number of halogens is 1. The summed E-state index contributed by atoms with van der Waals surface area (Å²) in [6, 6.07) is 7.02. The first-order chi connectivity index (χ1) is 9.65. The van der Waals surface area contributed by atoms with Crippen molar-refractivity contribution in [3.8, 4) is 0 Å². The maximum absolute atomic E-state index is 5.46. The molecule has 20 heavy (non-hydrogen) atoms. The lowest BCUT2D eigenvalue weighted by atomic mass is 10.2. The third-order valence-electron chi connectivity index (χ3n) is 4.36. The molecule has 108 valence electrons. The summed E-state index contributed by atoms with van der Waals surface area (Å²) in [5.74, 6) is 0. The molecule has 1 aliphatic rings. The standard InChI is InChI=1S/C15H20BrN3S/c1-18(12-4-2-3-5-12)8-9-19-14-10-11(16)6-7-13(14)17-15(19)20/h6-7,10,12H,2-5,8-9H2,1H3,(H,17,20). The SMILES string of the molecule is CN(CCn1c(=S)[nH]c2ccc(Br)cc21)C1CCCC1. The van der Waals surface area contributed by atoms with Gasteiger partial charge in [-0.1, -0.05) is 28.8 Å². The number of nitrogens with one attached hydrogen (secondary N) is 1. The number of rotatable bonds is 4. The topological polar surface area (TPSA) is 24.0 Å². The van der Waals surface area contributed by atoms with Gasteiger partial charge in [-0.15, -0.1) is 0 Å². The van der Waals surface area contributed by atoms with Gasteiger partial charge in [0.05, 0.1) is 11.0 Å². The van der Waals surface area contributed by atoms with E-state index in [2.05, 4.69) is 49.6 Å². The van der Waals surface area contributed by atoms with Crippen molar-refractivity contribution in [2.45, 2.75) is 38.3 Å². The molecule has 1 aromatic heterocycles. The van der Waals surface area contributed by atoms with E-state index >= 15 is 0 Å². The number of H-pyrrole nitrogens is 1. The summed E-state index contributed by atoms with van der Waals surface area (Å²) in [5, 5.41) is 0. The van der Waals surface area contributed by atoms with E-state index in [9.17, 15) is 0 Å². The van der Waals surface area contributed by atoms with E-state index in [4.69, 9.17) is 12.2 Å². The molecule has 0 atom stereocenters. The number of imidazole rings is 1. The molecule has 0 unspecified atom stereocenters. The van der Waals surface area contributed by atoms with Crippen LogP contribution in [0.3, 0.4) is 0 Å². The van der Waals surface area contributed by atoms with Crippen LogP contribution in [0.25, 0.3) is 11.0 Å². The van der Waals surface area contributed by atoms with Gasteiger partial charge in [0.25, 0.3) is 0 Å². The summed E-state index contributed by atoms with van der Waals surface area (Å²) in [7, 11) is 2.24. The van der Waals surface area contributed by atoms with Crippen molar-refractivity contribution in [3.05, 3.63) is 27.4 Å². The lowest BCUT2D eigenvalue weighted by Gasteiger charge is -2.24. The molecule has 3 rings (SSSR count). The summed E-state index contributed by atoms with van der Waals surface area (Å²) in [5.41, 5.74) is 2.30. The van der Waals surface area contributed by atoms with Crippen LogP contribution in [-0.2, 0) is 6.54 Å². The molecule has 1 saturated carbocycles. The van der Waals surface area contributed by atoms with Gasteiger partial charge in [0, 0.05) is 23.6 Å². The first-order valence-electron chi connectivity index (χ1n) is 7.23. The Hall–Kier alpha value is -0.650. The van der Waals surface area contributed by atoms with Crippen LogP contribution < -0.4 is 0 Å². The molecule has 0 bridgehead atoms. The highest BCUT2D eigenvalue weighted by Gasteiger charge is 2.19. The summed E-state index contributed by atoms with van der Waals surface area (Å²) >= 11 is 8.99. The zero-order valence-electron chi connectivity index (χ0n) is 11.7. The molecule has 1 aromatic carbocycles. The van der Waals surface area contributed by atoms with Crippen LogP contribution >= 0.6 is 28.1 Å². The molecule has 1 N–H and O–H groups in total. The van der Waals surface area contributed by atoms with E-state index in [1.807, 2.05) is 6.07 Å². The Bertz CT molecular complexity index is 655. The largest absolute Gasteiger partial charge is 0.331 e. The van der Waals surface area contributed by atoms with Gasteiger partial charge in [0.1, 0.15) is 0 Å². The van der Waals surface area contributed by atoms with Crippen LogP contribution in [0.5, 0.6) is 0 Å². The number of hydrogen-bond acceptors (Lipinski definition) is 2. The van der Waals surface area contributed by atoms with Crippen molar-refractivity contribution in [3.63, 3.8) is 0 Å². The molecule has 0 spiro atoms. The molecule has 1 aliphatic carbocycles. The average molecular weight is 354 g/mol. The Labute approximate surface area is 133 Å². The van der Waals surface area contributed by atoms with Gasteiger partial charge in [0.15, 0.2) is 4.77 Å². The highest BCUT2D eigenvalue weighted by molar-refractivity contribution is 9.10. The van der Waals surface area contributed by atoms with Gasteiger partial charge in [0.2, 0.25) is 0 Å². The molecular formula is C15H20BrN3S. The lowest BCUT2D eigenvalue weighted by Crippen LogP contribution is -2.32. The third kappa shape index (κ3) is 2.85. The second-order valence-electron chi connectivity index (χ2n) is 5.66. The molecule has 1 fully saturated rings. The minimum Gasteiger partial charge on any atom is -0.331 e. The van der Waals surface area contributed by atoms with Crippen molar-refractivity contribution in [2.75, 3.05) is 13.6 Å². The maximum atomic E-state index is 5.46. The summed E-state index contributed by atoms with van der Waals surface area (Å²) < 4.78 is 4.12. The van der Waals surface area contributed by atoms with Crippen LogP contribution in [0, 0.1) is 4.77 Å². The molecule has 0 saturated heterocycles. The zero-order chi connectivity index (χ0) is 14.1. The molecule has 1 heterocycles. The van der Waals surface area contributed by atoms with E-state index < -0.39 is 0 Å². The minimum absolute atomic E-state index is 0.765. The Morgan fingerprint density at radius 3 is 2.90 bits per heavy atom. The number of nitrogens with zero attached hydrogens (tertiary/aromatic N) is 2. The predicted octanol–water partition coefficient (Wildman–Crippen LogP) is 4.34. The highest BCUT2D eigenvalue weighted by atomic mass is 79.9. The molecule has 0 amide bonds. The second kappa shape index (κ2) is 6.00. The Morgan fingerprint density at radius 2 is 2.15 bits per heavy atom. The number of hydrogen-bond donors (Lipinski definition) is 1. The van der Waals surface area contributed by atoms with E-state index in [0.717, 1.165) is 33.9 Å². The molecule has 5 heteroatoms. The molecule has 3 nitrogen and oxygen atoms in total. The zero-order valence-corrected chi connectivity index (χ0v) is 14.1. The Kier molecular flexibility index (Phi) is 4.29. The number of aromatic amines is 1. The second-order valence-corrected chi connectivity index (χ2v) is 6.96. The number of aromatic nitrogens is 2. The monoisotopic (exact) mass is 353 g/mol. The van der Waals surface area contributed by atoms with Crippen LogP contribution in [-0.4, -0.2) is 34.1 Å². The van der Waals surface area contributed by atoms with Crippen molar-refractivity contribution in [2.24, 2.45) is 0 Å². The van der Waals surface area contributed by atoms with Gasteiger partial charge in [-0.3, -0.25) is 0 Å². The van der Waals surface area contributed by atoms with E-state index in [-0.39, 0.29) is 0 Å². The van der Waals surface area contributed by atoms with Crippen molar-refractivity contribution < 1.29 is 0 Å². The Balaban J connectivity index is 1.78. The normalized spacial score (nSPS) is 16.6. The third-order valence-corrected chi connectivity index (χ3v) is 5.18. The maximum Gasteiger partial charge on any atom is 0.178 e. The summed E-state index contributed by atoms with van der Waals surface area (Å²) in [4.78, 5) is 5.78. The quantitative estimate of drug-likeness (QED) is 0.826. The molecule has 2 aromatic rings. The number of fused-ring (bicyclic) bond motifs is 1. The van der Waals surface area contributed by atoms with Gasteiger partial charge in [-0.05, 0) is 50.3 Å². The smallest absolute Gasteiger partial charge is 0.178 e. The van der Waals surface area contributed by atoms with Crippen molar-refractivity contribution in [1.29, 1.82) is 0 Å². The predicted molar refractivity (Wildman–Crippen MR) is 89.7 cm³/mol. The fourth-order valence-corrected chi connectivity index (χ4v) is 3.78. The number of likely N-dealkylation sites (N-methyl/N-ethyl adjacent to an activating group) is 1. The Morgan fingerprint density at radius 1 is 1.40 bits per heavy atom. The van der Waals surface area contributed by atoms with Gasteiger partial charge >= 0.3 is 0 Å². The molecular weight excluding hydrogens is 334 g/mol. The lowest BCUT2D eigenvalue weighted by molar-refractivity contribution is 0.237. The van der Waals surface area contributed by atoms with Gasteiger partial charge in [-0.25, -0.2) is 0 Å².